The Morgan fingerprint density at radius 1 is 1.00 bits per heavy atom. The van der Waals surface area contributed by atoms with Gasteiger partial charge in [-0.15, -0.1) is 0 Å². The second kappa shape index (κ2) is 9.26. The zero-order valence-corrected chi connectivity index (χ0v) is 15.8. The van der Waals surface area contributed by atoms with Crippen molar-refractivity contribution in [3.63, 3.8) is 0 Å². The van der Waals surface area contributed by atoms with Crippen molar-refractivity contribution in [3.05, 3.63) is 53.9 Å². The lowest BCUT2D eigenvalue weighted by Crippen LogP contribution is -2.38. The molecule has 1 aromatic carbocycles. The maximum atomic E-state index is 12.6. The van der Waals surface area contributed by atoms with Crippen molar-refractivity contribution in [2.75, 3.05) is 33.3 Å². The summed E-state index contributed by atoms with van der Waals surface area (Å²) in [5.74, 6) is 1.09. The van der Waals surface area contributed by atoms with E-state index in [1.54, 1.807) is 7.11 Å². The number of aryl methyl sites for hydroxylation is 1. The van der Waals surface area contributed by atoms with Crippen LogP contribution in [0.25, 0.3) is 0 Å². The van der Waals surface area contributed by atoms with Gasteiger partial charge in [-0.05, 0) is 42.7 Å². The van der Waals surface area contributed by atoms with Crippen LogP contribution >= 0.6 is 0 Å². The molecule has 2 aromatic rings. The molecule has 1 aliphatic rings. The van der Waals surface area contributed by atoms with Crippen LogP contribution in [-0.2, 0) is 22.4 Å². The van der Waals surface area contributed by atoms with E-state index in [9.17, 15) is 9.59 Å². The molecule has 2 heterocycles. The highest BCUT2D eigenvalue weighted by Crippen LogP contribution is 2.14. The molecule has 1 saturated heterocycles. The summed E-state index contributed by atoms with van der Waals surface area (Å²) >= 11 is 0. The number of benzene rings is 1. The Labute approximate surface area is 160 Å². The van der Waals surface area contributed by atoms with Crippen molar-refractivity contribution in [2.24, 2.45) is 0 Å². The lowest BCUT2D eigenvalue weighted by atomic mass is 10.1. The predicted molar refractivity (Wildman–Crippen MR) is 104 cm³/mol. The minimum atomic E-state index is 0.116. The van der Waals surface area contributed by atoms with E-state index in [-0.39, 0.29) is 11.8 Å². The zero-order chi connectivity index (χ0) is 19.1. The van der Waals surface area contributed by atoms with Gasteiger partial charge in [0, 0.05) is 44.5 Å². The Morgan fingerprint density at radius 2 is 1.70 bits per heavy atom. The van der Waals surface area contributed by atoms with Gasteiger partial charge >= 0.3 is 0 Å². The van der Waals surface area contributed by atoms with Crippen LogP contribution in [0.3, 0.4) is 0 Å². The number of aromatic nitrogens is 1. The van der Waals surface area contributed by atoms with Crippen LogP contribution in [0.5, 0.6) is 5.75 Å². The molecule has 1 aromatic heterocycles. The van der Waals surface area contributed by atoms with E-state index in [0.717, 1.165) is 29.8 Å². The van der Waals surface area contributed by atoms with Gasteiger partial charge in [0.1, 0.15) is 5.75 Å². The quantitative estimate of drug-likeness (QED) is 0.849. The molecule has 0 atom stereocenters. The second-order valence-electron chi connectivity index (χ2n) is 6.84. The molecule has 0 unspecified atom stereocenters. The summed E-state index contributed by atoms with van der Waals surface area (Å²) in [7, 11) is 1.64. The van der Waals surface area contributed by atoms with Crippen molar-refractivity contribution in [1.82, 2.24) is 14.8 Å². The summed E-state index contributed by atoms with van der Waals surface area (Å²) in [6, 6.07) is 11.6. The molecule has 1 N–H and O–H groups in total. The van der Waals surface area contributed by atoms with E-state index in [0.29, 0.717) is 39.0 Å². The van der Waals surface area contributed by atoms with Gasteiger partial charge in [-0.2, -0.15) is 0 Å². The molecule has 1 aliphatic heterocycles. The number of methoxy groups -OCH3 is 1. The number of nitrogens with one attached hydrogen (secondary N) is 1. The third-order valence-electron chi connectivity index (χ3n) is 4.99. The summed E-state index contributed by atoms with van der Waals surface area (Å²) in [6.07, 6.45) is 4.25. The smallest absolute Gasteiger partial charge is 0.228 e. The number of hydrogen-bond donors (Lipinski definition) is 1. The molecule has 0 aliphatic carbocycles. The molecule has 3 rings (SSSR count). The molecule has 0 spiro atoms. The van der Waals surface area contributed by atoms with Gasteiger partial charge in [-0.1, -0.05) is 12.1 Å². The largest absolute Gasteiger partial charge is 0.497 e. The topological polar surface area (TPSA) is 65.6 Å². The fraction of sp³-hybridized carbons (Fsp3) is 0.429. The van der Waals surface area contributed by atoms with E-state index in [1.807, 2.05) is 52.4 Å². The van der Waals surface area contributed by atoms with E-state index >= 15 is 0 Å². The van der Waals surface area contributed by atoms with Crippen LogP contribution in [-0.4, -0.2) is 59.9 Å². The van der Waals surface area contributed by atoms with Crippen LogP contribution in [0.15, 0.2) is 42.6 Å². The summed E-state index contributed by atoms with van der Waals surface area (Å²) in [5, 5.41) is 0. The number of ether oxygens (including phenoxy) is 1. The molecular weight excluding hydrogens is 342 g/mol. The Bertz CT molecular complexity index is 741. The number of carbonyl (C=O) groups excluding carboxylic acids is 2. The molecule has 6 nitrogen and oxygen atoms in total. The number of amides is 2. The van der Waals surface area contributed by atoms with Crippen molar-refractivity contribution in [1.29, 1.82) is 0 Å². The van der Waals surface area contributed by atoms with Gasteiger partial charge in [0.2, 0.25) is 11.8 Å². The lowest BCUT2D eigenvalue weighted by Gasteiger charge is -2.22. The number of H-pyrrole nitrogens is 1. The maximum absolute atomic E-state index is 12.6. The highest BCUT2D eigenvalue weighted by atomic mass is 16.5. The first-order valence-corrected chi connectivity index (χ1v) is 9.46. The summed E-state index contributed by atoms with van der Waals surface area (Å²) in [6.45, 7) is 2.64. The Kier molecular flexibility index (Phi) is 6.52. The van der Waals surface area contributed by atoms with Crippen LogP contribution in [0.4, 0.5) is 0 Å². The van der Waals surface area contributed by atoms with E-state index < -0.39 is 0 Å². The average molecular weight is 369 g/mol. The monoisotopic (exact) mass is 369 g/mol. The number of carbonyl (C=O) groups is 2. The molecule has 0 saturated carbocycles. The fourth-order valence-corrected chi connectivity index (χ4v) is 3.37. The van der Waals surface area contributed by atoms with Crippen LogP contribution in [0.2, 0.25) is 0 Å². The van der Waals surface area contributed by atoms with Crippen molar-refractivity contribution in [3.8, 4) is 5.75 Å². The Morgan fingerprint density at radius 3 is 2.33 bits per heavy atom. The van der Waals surface area contributed by atoms with E-state index in [1.165, 1.54) is 0 Å². The summed E-state index contributed by atoms with van der Waals surface area (Å²) < 4.78 is 5.16. The van der Waals surface area contributed by atoms with E-state index in [4.69, 9.17) is 4.74 Å². The number of nitrogens with zero attached hydrogens (tertiary/aromatic N) is 2. The van der Waals surface area contributed by atoms with Crippen LogP contribution in [0, 0.1) is 0 Å². The van der Waals surface area contributed by atoms with Crippen LogP contribution in [0.1, 0.15) is 24.1 Å². The molecule has 0 bridgehead atoms. The normalized spacial score (nSPS) is 14.7. The minimum Gasteiger partial charge on any atom is -0.497 e. The van der Waals surface area contributed by atoms with Gasteiger partial charge in [-0.3, -0.25) is 9.59 Å². The molecule has 27 heavy (non-hydrogen) atoms. The third-order valence-corrected chi connectivity index (χ3v) is 4.99. The molecule has 2 amide bonds. The van der Waals surface area contributed by atoms with Gasteiger partial charge in [0.05, 0.1) is 13.5 Å². The molecule has 144 valence electrons. The van der Waals surface area contributed by atoms with Gasteiger partial charge in [0.25, 0.3) is 0 Å². The highest BCUT2D eigenvalue weighted by Gasteiger charge is 2.22. The SMILES string of the molecule is COc1ccc(CCC(=O)N2CCCN(C(=O)Cc3ccc[nH]3)CC2)cc1. The lowest BCUT2D eigenvalue weighted by molar-refractivity contribution is -0.133. The van der Waals surface area contributed by atoms with Crippen molar-refractivity contribution < 1.29 is 14.3 Å². The number of rotatable bonds is 6. The van der Waals surface area contributed by atoms with E-state index in [2.05, 4.69) is 4.98 Å². The fourth-order valence-electron chi connectivity index (χ4n) is 3.37. The highest BCUT2D eigenvalue weighted by molar-refractivity contribution is 5.79. The first-order chi connectivity index (χ1) is 13.2. The standard InChI is InChI=1S/C21H27N3O3/c1-27-19-8-5-17(6-9-19)7-10-20(25)23-12-3-13-24(15-14-23)21(26)16-18-4-2-11-22-18/h2,4-6,8-9,11,22H,3,7,10,12-16H2,1H3. The molecule has 6 heteroatoms. The van der Waals surface area contributed by atoms with Crippen LogP contribution < -0.4 is 4.74 Å². The average Bonchev–Trinajstić information content (AvgIpc) is 3.07. The molecule has 0 radical (unpaired) electrons. The number of hydrogen-bond acceptors (Lipinski definition) is 3. The second-order valence-corrected chi connectivity index (χ2v) is 6.84. The summed E-state index contributed by atoms with van der Waals surface area (Å²) in [5.41, 5.74) is 2.05. The Balaban J connectivity index is 1.46. The maximum Gasteiger partial charge on any atom is 0.228 e. The Hall–Kier alpha value is -2.76. The molecular formula is C21H27N3O3. The van der Waals surface area contributed by atoms with Crippen molar-refractivity contribution in [2.45, 2.75) is 25.7 Å². The van der Waals surface area contributed by atoms with Crippen molar-refractivity contribution >= 4 is 11.8 Å². The minimum absolute atomic E-state index is 0.116. The first kappa shape index (κ1) is 19.0. The zero-order valence-electron chi connectivity index (χ0n) is 15.8. The van der Waals surface area contributed by atoms with Gasteiger partial charge in [-0.25, -0.2) is 0 Å². The summed E-state index contributed by atoms with van der Waals surface area (Å²) in [4.78, 5) is 31.9. The third kappa shape index (κ3) is 5.36. The first-order valence-electron chi connectivity index (χ1n) is 9.46. The molecule has 1 fully saturated rings. The number of aromatic amines is 1. The van der Waals surface area contributed by atoms with Gasteiger partial charge < -0.3 is 19.5 Å². The predicted octanol–water partition coefficient (Wildman–Crippen LogP) is 2.26. The van der Waals surface area contributed by atoms with Gasteiger partial charge in [0.15, 0.2) is 0 Å².